The smallest absolute Gasteiger partial charge is 0.306 e. The first-order chi connectivity index (χ1) is 13.0. The second kappa shape index (κ2) is 9.69. The van der Waals surface area contributed by atoms with Gasteiger partial charge < -0.3 is 14.2 Å². The van der Waals surface area contributed by atoms with E-state index >= 15 is 0 Å². The SMILES string of the molecule is CCOC(=O)CCC(=O)C(C#N)c1nc(-c2ccc(OC)c(OC)c2)cs1. The molecule has 0 amide bonds. The number of hydrogen-bond donors (Lipinski definition) is 0. The van der Waals surface area contributed by atoms with Gasteiger partial charge in [0.1, 0.15) is 5.01 Å². The van der Waals surface area contributed by atoms with Gasteiger partial charge in [-0.15, -0.1) is 11.3 Å². The number of thiazole rings is 1. The number of ether oxygens (including phenoxy) is 3. The molecular formula is C19H20N2O5S. The van der Waals surface area contributed by atoms with Gasteiger partial charge in [-0.2, -0.15) is 5.26 Å². The average Bonchev–Trinajstić information content (AvgIpc) is 3.16. The van der Waals surface area contributed by atoms with Crippen molar-refractivity contribution in [3.8, 4) is 28.8 Å². The highest BCUT2D eigenvalue weighted by molar-refractivity contribution is 7.10. The van der Waals surface area contributed by atoms with E-state index in [1.54, 1.807) is 38.7 Å². The maximum atomic E-state index is 12.3. The van der Waals surface area contributed by atoms with Crippen molar-refractivity contribution in [2.24, 2.45) is 0 Å². The minimum absolute atomic E-state index is 0.0429. The molecule has 8 heteroatoms. The molecule has 0 saturated heterocycles. The lowest BCUT2D eigenvalue weighted by Gasteiger charge is -2.08. The van der Waals surface area contributed by atoms with Crippen LogP contribution in [0.25, 0.3) is 11.3 Å². The molecule has 0 radical (unpaired) electrons. The zero-order valence-corrected chi connectivity index (χ0v) is 16.2. The van der Waals surface area contributed by atoms with E-state index in [0.29, 0.717) is 22.2 Å². The predicted octanol–water partition coefficient (Wildman–Crippen LogP) is 3.35. The van der Waals surface area contributed by atoms with Crippen molar-refractivity contribution in [1.82, 2.24) is 4.98 Å². The third-order valence-electron chi connectivity index (χ3n) is 3.78. The van der Waals surface area contributed by atoms with E-state index < -0.39 is 11.9 Å². The van der Waals surface area contributed by atoms with Crippen LogP contribution in [0.5, 0.6) is 11.5 Å². The van der Waals surface area contributed by atoms with Crippen molar-refractivity contribution in [2.45, 2.75) is 25.7 Å². The van der Waals surface area contributed by atoms with Crippen molar-refractivity contribution in [1.29, 1.82) is 5.26 Å². The van der Waals surface area contributed by atoms with Crippen molar-refractivity contribution in [3.05, 3.63) is 28.6 Å². The van der Waals surface area contributed by atoms with Crippen LogP contribution in [-0.2, 0) is 14.3 Å². The molecule has 2 rings (SSSR count). The van der Waals surface area contributed by atoms with E-state index in [0.717, 1.165) is 5.56 Å². The first kappa shape index (κ1) is 20.4. The normalized spacial score (nSPS) is 11.3. The fourth-order valence-corrected chi connectivity index (χ4v) is 3.31. The van der Waals surface area contributed by atoms with E-state index in [-0.39, 0.29) is 25.2 Å². The van der Waals surface area contributed by atoms with Gasteiger partial charge in [-0.05, 0) is 25.1 Å². The van der Waals surface area contributed by atoms with E-state index in [1.165, 1.54) is 11.3 Å². The summed E-state index contributed by atoms with van der Waals surface area (Å²) in [6.07, 6.45) is -0.0961. The number of nitrogens with zero attached hydrogens (tertiary/aromatic N) is 2. The van der Waals surface area contributed by atoms with Crippen molar-refractivity contribution >= 4 is 23.1 Å². The molecule has 1 unspecified atom stereocenters. The quantitative estimate of drug-likeness (QED) is 0.608. The molecule has 0 aliphatic heterocycles. The Balaban J connectivity index is 2.16. The Hall–Kier alpha value is -2.92. The van der Waals surface area contributed by atoms with Gasteiger partial charge in [-0.25, -0.2) is 4.98 Å². The number of benzene rings is 1. The summed E-state index contributed by atoms with van der Waals surface area (Å²) in [5.74, 6) is -0.641. The number of carbonyl (C=O) groups excluding carboxylic acids is 2. The summed E-state index contributed by atoms with van der Waals surface area (Å²) in [6.45, 7) is 1.96. The number of hydrogen-bond acceptors (Lipinski definition) is 8. The van der Waals surface area contributed by atoms with Crippen LogP contribution in [0.3, 0.4) is 0 Å². The first-order valence-corrected chi connectivity index (χ1v) is 9.17. The zero-order chi connectivity index (χ0) is 19.8. The molecule has 1 heterocycles. The van der Waals surface area contributed by atoms with Crippen molar-refractivity contribution < 1.29 is 23.8 Å². The summed E-state index contributed by atoms with van der Waals surface area (Å²) in [6, 6.07) is 7.35. The fraction of sp³-hybridized carbons (Fsp3) is 0.368. The van der Waals surface area contributed by atoms with Crippen LogP contribution in [0.4, 0.5) is 0 Å². The van der Waals surface area contributed by atoms with E-state index in [1.807, 2.05) is 12.1 Å². The number of rotatable bonds is 9. The Labute approximate surface area is 161 Å². The molecule has 7 nitrogen and oxygen atoms in total. The minimum Gasteiger partial charge on any atom is -0.493 e. The monoisotopic (exact) mass is 388 g/mol. The summed E-state index contributed by atoms with van der Waals surface area (Å²) in [5, 5.41) is 11.6. The standard InChI is InChI=1S/C19H20N2O5S/c1-4-26-18(23)8-6-15(22)13(10-20)19-21-14(11-27-19)12-5-7-16(24-2)17(9-12)25-3/h5,7,9,11,13H,4,6,8H2,1-3H3. The van der Waals surface area contributed by atoms with Gasteiger partial charge in [-0.3, -0.25) is 9.59 Å². The molecule has 0 spiro atoms. The van der Waals surface area contributed by atoms with Crippen LogP contribution in [0, 0.1) is 11.3 Å². The molecule has 1 aromatic carbocycles. The van der Waals surface area contributed by atoms with Gasteiger partial charge in [0.2, 0.25) is 0 Å². The molecule has 0 N–H and O–H groups in total. The summed E-state index contributed by atoms with van der Waals surface area (Å²) in [7, 11) is 3.10. The summed E-state index contributed by atoms with van der Waals surface area (Å²) in [4.78, 5) is 28.1. The maximum Gasteiger partial charge on any atom is 0.306 e. The Morgan fingerprint density at radius 1 is 1.22 bits per heavy atom. The number of Topliss-reactive ketones (excluding diaryl/α,β-unsaturated/α-hetero) is 1. The van der Waals surface area contributed by atoms with Gasteiger partial charge in [-0.1, -0.05) is 0 Å². The molecule has 0 aliphatic rings. The number of ketones is 1. The number of esters is 1. The molecule has 27 heavy (non-hydrogen) atoms. The second-order valence-corrected chi connectivity index (χ2v) is 6.36. The molecule has 0 bridgehead atoms. The van der Waals surface area contributed by atoms with Gasteiger partial charge >= 0.3 is 5.97 Å². The largest absolute Gasteiger partial charge is 0.493 e. The van der Waals surface area contributed by atoms with Crippen LogP contribution < -0.4 is 9.47 Å². The average molecular weight is 388 g/mol. The lowest BCUT2D eigenvalue weighted by Crippen LogP contribution is -2.13. The Bertz CT molecular complexity index is 856. The van der Waals surface area contributed by atoms with Crippen molar-refractivity contribution in [3.63, 3.8) is 0 Å². The highest BCUT2D eigenvalue weighted by atomic mass is 32.1. The molecular weight excluding hydrogens is 368 g/mol. The highest BCUT2D eigenvalue weighted by Gasteiger charge is 2.24. The Kier molecular flexibility index (Phi) is 7.32. The lowest BCUT2D eigenvalue weighted by molar-refractivity contribution is -0.144. The molecule has 0 fully saturated rings. The van der Waals surface area contributed by atoms with Crippen LogP contribution >= 0.6 is 11.3 Å². The van der Waals surface area contributed by atoms with Gasteiger partial charge in [0.25, 0.3) is 0 Å². The van der Waals surface area contributed by atoms with E-state index in [9.17, 15) is 14.9 Å². The van der Waals surface area contributed by atoms with Crippen LogP contribution in [0.15, 0.2) is 23.6 Å². The number of aromatic nitrogens is 1. The van der Waals surface area contributed by atoms with Crippen LogP contribution in [0.2, 0.25) is 0 Å². The van der Waals surface area contributed by atoms with Gasteiger partial charge in [0.05, 0.1) is 39.0 Å². The molecule has 142 valence electrons. The Morgan fingerprint density at radius 3 is 2.59 bits per heavy atom. The maximum absolute atomic E-state index is 12.3. The minimum atomic E-state index is -1.00. The predicted molar refractivity (Wildman–Crippen MR) is 99.9 cm³/mol. The third kappa shape index (κ3) is 5.05. The summed E-state index contributed by atoms with van der Waals surface area (Å²) in [5.41, 5.74) is 1.42. The molecule has 1 aromatic heterocycles. The number of nitriles is 1. The molecule has 0 saturated carbocycles. The third-order valence-corrected chi connectivity index (χ3v) is 4.69. The zero-order valence-electron chi connectivity index (χ0n) is 15.4. The molecule has 1 atom stereocenters. The number of carbonyl (C=O) groups is 2. The van der Waals surface area contributed by atoms with Gasteiger partial charge in [0.15, 0.2) is 23.2 Å². The van der Waals surface area contributed by atoms with Crippen LogP contribution in [-0.4, -0.2) is 37.6 Å². The second-order valence-electron chi connectivity index (χ2n) is 5.47. The molecule has 2 aromatic rings. The molecule has 0 aliphatic carbocycles. The van der Waals surface area contributed by atoms with E-state index in [2.05, 4.69) is 4.98 Å². The van der Waals surface area contributed by atoms with Crippen molar-refractivity contribution in [2.75, 3.05) is 20.8 Å². The lowest BCUT2D eigenvalue weighted by atomic mass is 10.0. The fourth-order valence-electron chi connectivity index (χ4n) is 2.42. The topological polar surface area (TPSA) is 98.5 Å². The summed E-state index contributed by atoms with van der Waals surface area (Å²) >= 11 is 1.23. The summed E-state index contributed by atoms with van der Waals surface area (Å²) < 4.78 is 15.3. The van der Waals surface area contributed by atoms with Crippen LogP contribution in [0.1, 0.15) is 30.7 Å². The Morgan fingerprint density at radius 2 is 1.96 bits per heavy atom. The number of methoxy groups -OCH3 is 2. The van der Waals surface area contributed by atoms with Gasteiger partial charge in [0, 0.05) is 17.4 Å². The highest BCUT2D eigenvalue weighted by Crippen LogP contribution is 2.34. The first-order valence-electron chi connectivity index (χ1n) is 8.29. The van der Waals surface area contributed by atoms with E-state index in [4.69, 9.17) is 14.2 Å².